The minimum atomic E-state index is -2.27. The molecule has 0 aromatic heterocycles. The topological polar surface area (TPSA) is 190 Å². The number of hydrogen-bond donors (Lipinski definition) is 6. The van der Waals surface area contributed by atoms with Gasteiger partial charge in [-0.3, -0.25) is 0 Å². The van der Waals surface area contributed by atoms with E-state index in [4.69, 9.17) is 30.6 Å². The van der Waals surface area contributed by atoms with Crippen LogP contribution in [0.4, 0.5) is 0 Å². The highest BCUT2D eigenvalue weighted by Gasteiger charge is 2.29. The zero-order valence-corrected chi connectivity index (χ0v) is 10.0. The van der Waals surface area contributed by atoms with Gasteiger partial charge in [0, 0.05) is 12.2 Å². The van der Waals surface area contributed by atoms with Gasteiger partial charge < -0.3 is 30.6 Å². The van der Waals surface area contributed by atoms with E-state index in [9.17, 15) is 19.2 Å². The lowest BCUT2D eigenvalue weighted by atomic mass is 10.2. The van der Waals surface area contributed by atoms with Crippen LogP contribution in [-0.4, -0.2) is 66.7 Å². The van der Waals surface area contributed by atoms with E-state index in [0.29, 0.717) is 0 Å². The molecule has 2 unspecified atom stereocenters. The number of carboxylic acid groups (broad SMARTS) is 4. The van der Waals surface area contributed by atoms with Gasteiger partial charge in [0.2, 0.25) is 0 Å². The fraction of sp³-hybridized carbons (Fsp3) is 0.200. The number of carboxylic acids is 4. The van der Waals surface area contributed by atoms with E-state index in [1.807, 2.05) is 0 Å². The minimum absolute atomic E-state index is 0.833. The van der Waals surface area contributed by atoms with Crippen molar-refractivity contribution in [3.05, 3.63) is 25.3 Å². The monoisotopic (exact) mass is 294 g/mol. The summed E-state index contributed by atoms with van der Waals surface area (Å²) in [6.07, 6.45) is -2.87. The number of aliphatic carboxylic acids is 4. The van der Waals surface area contributed by atoms with E-state index >= 15 is 0 Å². The maximum Gasteiger partial charge on any atom is 0.335 e. The molecular weight excluding hydrogens is 280 g/mol. The molecule has 0 saturated heterocycles. The molecule has 0 aromatic rings. The number of hydrogen-bond acceptors (Lipinski definition) is 6. The molecule has 0 bridgehead atoms. The summed E-state index contributed by atoms with van der Waals surface area (Å²) in [5.41, 5.74) is 0. The number of carbonyl (C=O) groups is 4. The molecule has 0 rings (SSSR count). The standard InChI is InChI=1S/C4H6O6.2C3H4O2/c5-1(3(7)8)2(6)4(9)10;2*1-2-3(4)5/h1-2,5-6H,(H,7,8)(H,9,10);2*2H,1H2,(H,4,5). The molecule has 2 atom stereocenters. The molecule has 10 heteroatoms. The van der Waals surface area contributed by atoms with Crippen LogP contribution in [0.2, 0.25) is 0 Å². The fourth-order valence-corrected chi connectivity index (χ4v) is 0.270. The van der Waals surface area contributed by atoms with Crippen molar-refractivity contribution in [1.82, 2.24) is 0 Å². The molecule has 0 spiro atoms. The van der Waals surface area contributed by atoms with Gasteiger partial charge >= 0.3 is 23.9 Å². The van der Waals surface area contributed by atoms with Crippen LogP contribution in [0.3, 0.4) is 0 Å². The molecule has 0 aliphatic carbocycles. The summed E-state index contributed by atoms with van der Waals surface area (Å²) in [5.74, 6) is -5.50. The van der Waals surface area contributed by atoms with Gasteiger partial charge in [0.1, 0.15) is 0 Å². The number of aliphatic hydroxyl groups is 2. The third-order valence-corrected chi connectivity index (χ3v) is 1.15. The summed E-state index contributed by atoms with van der Waals surface area (Å²) in [6.45, 7) is 5.92. The van der Waals surface area contributed by atoms with Crippen molar-refractivity contribution in [1.29, 1.82) is 0 Å². The van der Waals surface area contributed by atoms with Gasteiger partial charge in [0.15, 0.2) is 12.2 Å². The van der Waals surface area contributed by atoms with Crippen LogP contribution in [0, 0.1) is 0 Å². The van der Waals surface area contributed by atoms with Gasteiger partial charge in [-0.05, 0) is 0 Å². The molecule has 0 heterocycles. The molecule has 0 saturated carbocycles. The second-order valence-corrected chi connectivity index (χ2v) is 2.65. The Morgan fingerprint density at radius 2 is 0.850 bits per heavy atom. The highest BCUT2D eigenvalue weighted by molar-refractivity contribution is 5.83. The summed E-state index contributed by atoms with van der Waals surface area (Å²) >= 11 is 0. The lowest BCUT2D eigenvalue weighted by molar-refractivity contribution is -0.165. The van der Waals surface area contributed by atoms with Crippen molar-refractivity contribution >= 4 is 23.9 Å². The quantitative estimate of drug-likeness (QED) is 0.321. The summed E-state index contributed by atoms with van der Waals surface area (Å²) in [6, 6.07) is 0. The zero-order valence-electron chi connectivity index (χ0n) is 10.0. The number of rotatable bonds is 5. The molecule has 0 fully saturated rings. The Labute approximate surface area is 112 Å². The SMILES string of the molecule is C=CC(=O)O.C=CC(=O)O.O=C(O)C(O)C(O)C(=O)O. The third-order valence-electron chi connectivity index (χ3n) is 1.15. The Morgan fingerprint density at radius 1 is 0.700 bits per heavy atom. The normalized spacial score (nSPS) is 11.1. The first kappa shape index (κ1) is 22.5. The molecule has 0 aliphatic rings. The van der Waals surface area contributed by atoms with E-state index in [1.54, 1.807) is 0 Å². The van der Waals surface area contributed by atoms with E-state index in [2.05, 4.69) is 13.2 Å². The molecule has 20 heavy (non-hydrogen) atoms. The first-order chi connectivity index (χ1) is 9.00. The molecule has 0 aliphatic heterocycles. The third kappa shape index (κ3) is 17.7. The summed E-state index contributed by atoms with van der Waals surface area (Å²) in [4.78, 5) is 38.0. The van der Waals surface area contributed by atoms with Gasteiger partial charge in [0.25, 0.3) is 0 Å². The lowest BCUT2D eigenvalue weighted by Gasteiger charge is -2.07. The van der Waals surface area contributed by atoms with E-state index < -0.39 is 36.1 Å². The zero-order chi connectivity index (χ0) is 16.9. The first-order valence-corrected chi connectivity index (χ1v) is 4.53. The van der Waals surface area contributed by atoms with Crippen LogP contribution in [0.15, 0.2) is 25.3 Å². The predicted octanol–water partition coefficient (Wildman–Crippen LogP) is -1.61. The Balaban J connectivity index is -0.000000244. The molecular formula is C10H14O10. The second kappa shape index (κ2) is 12.7. The lowest BCUT2D eigenvalue weighted by Crippen LogP contribution is -2.39. The van der Waals surface area contributed by atoms with Crippen molar-refractivity contribution in [3.63, 3.8) is 0 Å². The predicted molar refractivity (Wildman–Crippen MR) is 63.0 cm³/mol. The summed E-state index contributed by atoms with van der Waals surface area (Å²) in [7, 11) is 0. The maximum absolute atomic E-state index is 9.77. The van der Waals surface area contributed by atoms with Crippen LogP contribution in [-0.2, 0) is 19.2 Å². The van der Waals surface area contributed by atoms with E-state index in [0.717, 1.165) is 12.2 Å². The fourth-order valence-electron chi connectivity index (χ4n) is 0.270. The maximum atomic E-state index is 9.77. The van der Waals surface area contributed by atoms with Crippen molar-refractivity contribution in [2.75, 3.05) is 0 Å². The smallest absolute Gasteiger partial charge is 0.335 e. The Morgan fingerprint density at radius 3 is 0.900 bits per heavy atom. The molecule has 0 aromatic carbocycles. The van der Waals surface area contributed by atoms with Crippen LogP contribution in [0.25, 0.3) is 0 Å². The summed E-state index contributed by atoms with van der Waals surface area (Å²) < 4.78 is 0. The van der Waals surface area contributed by atoms with Crippen LogP contribution < -0.4 is 0 Å². The summed E-state index contributed by atoms with van der Waals surface area (Å²) in [5, 5.41) is 47.7. The largest absolute Gasteiger partial charge is 0.479 e. The van der Waals surface area contributed by atoms with Gasteiger partial charge in [-0.1, -0.05) is 13.2 Å². The molecule has 114 valence electrons. The van der Waals surface area contributed by atoms with E-state index in [1.165, 1.54) is 0 Å². The Bertz CT molecular complexity index is 336. The number of aliphatic hydroxyl groups excluding tert-OH is 2. The van der Waals surface area contributed by atoms with Crippen LogP contribution >= 0.6 is 0 Å². The van der Waals surface area contributed by atoms with Crippen molar-refractivity contribution in [2.24, 2.45) is 0 Å². The molecule has 10 nitrogen and oxygen atoms in total. The average molecular weight is 294 g/mol. The Kier molecular flexibility index (Phi) is 14.3. The van der Waals surface area contributed by atoms with Crippen molar-refractivity contribution < 1.29 is 49.8 Å². The van der Waals surface area contributed by atoms with Crippen molar-refractivity contribution in [3.8, 4) is 0 Å². The van der Waals surface area contributed by atoms with Crippen LogP contribution in [0.1, 0.15) is 0 Å². The Hall–Kier alpha value is -2.72. The highest BCUT2D eigenvalue weighted by atomic mass is 16.4. The average Bonchev–Trinajstić information content (AvgIpc) is 2.37. The van der Waals surface area contributed by atoms with Gasteiger partial charge in [-0.15, -0.1) is 0 Å². The van der Waals surface area contributed by atoms with Crippen molar-refractivity contribution in [2.45, 2.75) is 12.2 Å². The van der Waals surface area contributed by atoms with Crippen LogP contribution in [0.5, 0.6) is 0 Å². The first-order valence-electron chi connectivity index (χ1n) is 4.53. The van der Waals surface area contributed by atoms with Gasteiger partial charge in [0.05, 0.1) is 0 Å². The minimum Gasteiger partial charge on any atom is -0.479 e. The second-order valence-electron chi connectivity index (χ2n) is 2.65. The molecule has 6 N–H and O–H groups in total. The van der Waals surface area contributed by atoms with E-state index in [-0.39, 0.29) is 0 Å². The highest BCUT2D eigenvalue weighted by Crippen LogP contribution is 1.92. The molecule has 0 amide bonds. The molecule has 0 radical (unpaired) electrons. The van der Waals surface area contributed by atoms with Gasteiger partial charge in [-0.25, -0.2) is 19.2 Å². The van der Waals surface area contributed by atoms with Gasteiger partial charge in [-0.2, -0.15) is 0 Å².